The molecule has 7 heavy (non-hydrogen) atoms. The average Bonchev–Trinajstić information content (AvgIpc) is 1.35. The largest absolute Gasteiger partial charge is 0.369 e. The number of guanidine groups is 1. The van der Waals surface area contributed by atoms with Gasteiger partial charge in [0.1, 0.15) is 0 Å². The second-order valence-electron chi connectivity index (χ2n) is 0.650. The fourth-order valence-electron chi connectivity index (χ4n) is 0.0602. The molecule has 1 radical (unpaired) electrons. The van der Waals surface area contributed by atoms with Crippen LogP contribution < -0.4 is 11.1 Å². The Bertz CT molecular complexity index is 92.4. The van der Waals surface area contributed by atoms with Crippen molar-refractivity contribution in [2.24, 2.45) is 5.73 Å². The van der Waals surface area contributed by atoms with Crippen LogP contribution in [0.2, 0.25) is 0 Å². The summed E-state index contributed by atoms with van der Waals surface area (Å²) in [5.74, 6) is -0.322. The van der Waals surface area contributed by atoms with E-state index in [1.54, 1.807) is 0 Å². The number of nitrogens with zero attached hydrogens (tertiary/aromatic N) is 1. The van der Waals surface area contributed by atoms with E-state index in [9.17, 15) is 0 Å². The van der Waals surface area contributed by atoms with Crippen LogP contribution in [0.4, 0.5) is 0 Å². The quantitative estimate of drug-likeness (QED) is 0.134. The van der Waals surface area contributed by atoms with E-state index in [1.807, 2.05) is 5.32 Å². The van der Waals surface area contributed by atoms with Gasteiger partial charge in [-0.1, -0.05) is 0 Å². The summed E-state index contributed by atoms with van der Waals surface area (Å²) < 4.78 is 0. The SMILES string of the molecule is N#CNC(=N)N.[Cu]. The molecule has 0 aliphatic rings. The van der Waals surface area contributed by atoms with Crippen molar-refractivity contribution in [1.29, 1.82) is 10.7 Å². The topological polar surface area (TPSA) is 85.7 Å². The Morgan fingerprint density at radius 3 is 2.29 bits per heavy atom. The summed E-state index contributed by atoms with van der Waals surface area (Å²) in [5, 5.41) is 15.9. The molecule has 4 N–H and O–H groups in total. The standard InChI is InChI=1S/C2H4N4.Cu/c3-1-6-2(4)5;/h(H4,4,5,6);. The third-order valence-corrected chi connectivity index (χ3v) is 0.191. The van der Waals surface area contributed by atoms with Crippen molar-refractivity contribution in [1.82, 2.24) is 5.32 Å². The molecule has 0 rings (SSSR count). The van der Waals surface area contributed by atoms with Crippen molar-refractivity contribution < 1.29 is 17.1 Å². The monoisotopic (exact) mass is 147 g/mol. The first-order chi connectivity index (χ1) is 2.77. The van der Waals surface area contributed by atoms with Gasteiger partial charge in [0.15, 0.2) is 12.2 Å². The molecule has 0 unspecified atom stereocenters. The van der Waals surface area contributed by atoms with E-state index in [-0.39, 0.29) is 23.0 Å². The Labute approximate surface area is 51.7 Å². The molecule has 4 nitrogen and oxygen atoms in total. The minimum Gasteiger partial charge on any atom is -0.369 e. The van der Waals surface area contributed by atoms with E-state index in [0.29, 0.717) is 0 Å². The maximum absolute atomic E-state index is 7.65. The first kappa shape index (κ1) is 9.56. The third-order valence-electron chi connectivity index (χ3n) is 0.191. The van der Waals surface area contributed by atoms with Gasteiger partial charge in [-0.3, -0.25) is 10.7 Å². The van der Waals surface area contributed by atoms with Gasteiger partial charge in [-0.25, -0.2) is 0 Å². The van der Waals surface area contributed by atoms with Crippen LogP contribution in [0.3, 0.4) is 0 Å². The Balaban J connectivity index is 0. The predicted octanol–water partition coefficient (Wildman–Crippen LogP) is -1.05. The number of hydrogen-bond donors (Lipinski definition) is 3. The van der Waals surface area contributed by atoms with Gasteiger partial charge >= 0.3 is 0 Å². The minimum atomic E-state index is -0.322. The summed E-state index contributed by atoms with van der Waals surface area (Å²) in [6.07, 6.45) is 1.47. The van der Waals surface area contributed by atoms with Crippen LogP contribution in [0.1, 0.15) is 0 Å². The number of rotatable bonds is 0. The van der Waals surface area contributed by atoms with Crippen molar-refractivity contribution in [3.63, 3.8) is 0 Å². The van der Waals surface area contributed by atoms with Gasteiger partial charge < -0.3 is 5.73 Å². The average molecular weight is 148 g/mol. The van der Waals surface area contributed by atoms with Gasteiger partial charge in [-0.15, -0.1) is 0 Å². The van der Waals surface area contributed by atoms with Gasteiger partial charge in [-0.05, 0) is 0 Å². The van der Waals surface area contributed by atoms with Crippen LogP contribution in [-0.2, 0) is 17.1 Å². The van der Waals surface area contributed by atoms with Crippen LogP contribution in [0, 0.1) is 16.9 Å². The third kappa shape index (κ3) is 10.9. The number of nitriles is 1. The summed E-state index contributed by atoms with van der Waals surface area (Å²) in [7, 11) is 0. The first-order valence-corrected chi connectivity index (χ1v) is 1.26. The molecule has 0 heterocycles. The summed E-state index contributed by atoms with van der Waals surface area (Å²) in [5.41, 5.74) is 4.65. The van der Waals surface area contributed by atoms with Crippen molar-refractivity contribution in [2.75, 3.05) is 0 Å². The molecule has 0 aliphatic heterocycles. The van der Waals surface area contributed by atoms with Crippen molar-refractivity contribution in [2.45, 2.75) is 0 Å². The van der Waals surface area contributed by atoms with Gasteiger partial charge in [0.05, 0.1) is 0 Å². The molecule has 0 fully saturated rings. The molecule has 0 atom stereocenters. The molecule has 0 aliphatic carbocycles. The number of nitrogens with two attached hydrogens (primary N) is 1. The fraction of sp³-hybridized carbons (Fsp3) is 0. The summed E-state index contributed by atoms with van der Waals surface area (Å²) in [4.78, 5) is 0. The van der Waals surface area contributed by atoms with Crippen LogP contribution in [0.15, 0.2) is 0 Å². The zero-order chi connectivity index (χ0) is 4.99. The van der Waals surface area contributed by atoms with Crippen molar-refractivity contribution in [3.8, 4) is 6.19 Å². The molecular weight excluding hydrogens is 144 g/mol. The molecule has 0 bridgehead atoms. The Hall–Kier alpha value is -0.721. The maximum Gasteiger partial charge on any atom is 0.199 e. The molecule has 43 valence electrons. The van der Waals surface area contributed by atoms with E-state index >= 15 is 0 Å². The van der Waals surface area contributed by atoms with Crippen LogP contribution >= 0.6 is 0 Å². The summed E-state index contributed by atoms with van der Waals surface area (Å²) >= 11 is 0. The van der Waals surface area contributed by atoms with Crippen molar-refractivity contribution in [3.05, 3.63) is 0 Å². The summed E-state index contributed by atoms with van der Waals surface area (Å²) in [6, 6.07) is 0. The molecule has 0 saturated carbocycles. The van der Waals surface area contributed by atoms with E-state index in [1.165, 1.54) is 6.19 Å². The Kier molecular flexibility index (Phi) is 7.21. The molecule has 0 saturated heterocycles. The minimum absolute atomic E-state index is 0. The predicted molar refractivity (Wildman–Crippen MR) is 20.7 cm³/mol. The van der Waals surface area contributed by atoms with Gasteiger partial charge in [0.25, 0.3) is 0 Å². The van der Waals surface area contributed by atoms with Gasteiger partial charge in [-0.2, -0.15) is 5.26 Å². The molecule has 5 heteroatoms. The van der Waals surface area contributed by atoms with E-state index in [4.69, 9.17) is 10.7 Å². The smallest absolute Gasteiger partial charge is 0.199 e. The molecule has 0 aromatic carbocycles. The Morgan fingerprint density at radius 1 is 1.86 bits per heavy atom. The molecule has 0 aromatic heterocycles. The molecule has 0 aromatic rings. The van der Waals surface area contributed by atoms with Crippen LogP contribution in [0.25, 0.3) is 0 Å². The first-order valence-electron chi connectivity index (χ1n) is 1.26. The van der Waals surface area contributed by atoms with E-state index in [2.05, 4.69) is 5.73 Å². The Morgan fingerprint density at radius 2 is 2.29 bits per heavy atom. The second-order valence-corrected chi connectivity index (χ2v) is 0.650. The zero-order valence-corrected chi connectivity index (χ0v) is 4.27. The van der Waals surface area contributed by atoms with Gasteiger partial charge in [0, 0.05) is 17.1 Å². The van der Waals surface area contributed by atoms with Gasteiger partial charge in [0.2, 0.25) is 0 Å². The second kappa shape index (κ2) is 5.28. The number of hydrogen-bond acceptors (Lipinski definition) is 2. The molecular formula is C2H4CuN4. The van der Waals surface area contributed by atoms with E-state index in [0.717, 1.165) is 0 Å². The normalized spacial score (nSPS) is 5.00. The van der Waals surface area contributed by atoms with E-state index < -0.39 is 0 Å². The van der Waals surface area contributed by atoms with Crippen LogP contribution in [0.5, 0.6) is 0 Å². The van der Waals surface area contributed by atoms with Crippen molar-refractivity contribution >= 4 is 5.96 Å². The molecule has 0 amide bonds. The maximum atomic E-state index is 7.65. The fourth-order valence-corrected chi connectivity index (χ4v) is 0.0602. The zero-order valence-electron chi connectivity index (χ0n) is 3.33. The van der Waals surface area contributed by atoms with Crippen LogP contribution in [-0.4, -0.2) is 5.96 Å². The summed E-state index contributed by atoms with van der Waals surface area (Å²) in [6.45, 7) is 0. The number of nitrogens with one attached hydrogen (secondary N) is 2. The molecule has 0 spiro atoms.